The maximum absolute atomic E-state index is 13.4. The van der Waals surface area contributed by atoms with Crippen molar-refractivity contribution in [1.82, 2.24) is 20.5 Å². The van der Waals surface area contributed by atoms with Crippen LogP contribution in [0.3, 0.4) is 0 Å². The second kappa shape index (κ2) is 13.9. The summed E-state index contributed by atoms with van der Waals surface area (Å²) in [5, 5.41) is 27.6. The topological polar surface area (TPSA) is 158 Å². The summed E-state index contributed by atoms with van der Waals surface area (Å²) < 4.78 is 40.3. The number of primary amides is 1. The highest BCUT2D eigenvalue weighted by atomic mass is 19.4. The average molecular weight is 602 g/mol. The lowest BCUT2D eigenvalue weighted by Crippen LogP contribution is -2.55. The van der Waals surface area contributed by atoms with E-state index in [2.05, 4.69) is 15.6 Å². The molecule has 43 heavy (non-hydrogen) atoms. The van der Waals surface area contributed by atoms with Crippen LogP contribution < -0.4 is 16.4 Å². The normalized spacial score (nSPS) is 18.5. The number of aromatic nitrogens is 1. The molecule has 1 aliphatic rings. The highest BCUT2D eigenvalue weighted by Crippen LogP contribution is 2.32. The molecule has 10 nitrogen and oxygen atoms in total. The Morgan fingerprint density at radius 3 is 2.40 bits per heavy atom. The van der Waals surface area contributed by atoms with E-state index in [4.69, 9.17) is 5.73 Å². The minimum atomic E-state index is -4.48. The summed E-state index contributed by atoms with van der Waals surface area (Å²) in [5.74, 6) is -2.50. The number of halogens is 3. The first-order valence-electron chi connectivity index (χ1n) is 13.9. The summed E-state index contributed by atoms with van der Waals surface area (Å²) in [4.78, 5) is 43.4. The van der Waals surface area contributed by atoms with Crippen molar-refractivity contribution >= 4 is 28.6 Å². The van der Waals surface area contributed by atoms with E-state index in [1.165, 1.54) is 6.07 Å². The van der Waals surface area contributed by atoms with E-state index in [1.54, 1.807) is 48.5 Å². The summed E-state index contributed by atoms with van der Waals surface area (Å²) in [6.07, 6.45) is -8.12. The van der Waals surface area contributed by atoms with Crippen LogP contribution in [-0.2, 0) is 16.0 Å². The van der Waals surface area contributed by atoms with Crippen LogP contribution in [0.25, 0.3) is 10.9 Å². The van der Waals surface area contributed by atoms with Gasteiger partial charge in [0.25, 0.3) is 5.91 Å². The predicted octanol–water partition coefficient (Wildman–Crippen LogP) is 1.68. The first-order valence-corrected chi connectivity index (χ1v) is 13.9. The van der Waals surface area contributed by atoms with Crippen molar-refractivity contribution in [2.75, 3.05) is 13.1 Å². The van der Waals surface area contributed by atoms with E-state index in [1.807, 2.05) is 12.1 Å². The highest BCUT2D eigenvalue weighted by molar-refractivity contribution is 5.98. The molecule has 0 radical (unpaired) electrons. The Labute approximate surface area is 246 Å². The lowest BCUT2D eigenvalue weighted by molar-refractivity contribution is -0.180. The molecule has 230 valence electrons. The molecule has 2 aromatic carbocycles. The number of aliphatic hydroxyl groups excluding tert-OH is 2. The largest absolute Gasteiger partial charge is 0.404 e. The molecule has 6 N–H and O–H groups in total. The second-order valence-corrected chi connectivity index (χ2v) is 10.6. The first-order chi connectivity index (χ1) is 20.4. The SMILES string of the molecule is NC(=O)C(CC(=O)NC(Cc1ccccc1)C(O)C(O)CN1CCCC1C(F)(F)F)NC(=O)c1ccc2ccccc2n1. The summed E-state index contributed by atoms with van der Waals surface area (Å²) >= 11 is 0. The summed E-state index contributed by atoms with van der Waals surface area (Å²) in [6, 6.07) is 14.6. The van der Waals surface area contributed by atoms with Crippen LogP contribution >= 0.6 is 0 Å². The molecule has 13 heteroatoms. The molecule has 4 rings (SSSR count). The van der Waals surface area contributed by atoms with Crippen LogP contribution in [-0.4, -0.2) is 87.4 Å². The number of likely N-dealkylation sites (tertiary alicyclic amines) is 1. The number of hydrogen-bond donors (Lipinski definition) is 5. The molecule has 1 saturated heterocycles. The highest BCUT2D eigenvalue weighted by Gasteiger charge is 2.46. The number of hydrogen-bond acceptors (Lipinski definition) is 7. The first kappa shape index (κ1) is 31.9. The number of amides is 3. The second-order valence-electron chi connectivity index (χ2n) is 10.6. The van der Waals surface area contributed by atoms with Gasteiger partial charge in [0.15, 0.2) is 0 Å². The van der Waals surface area contributed by atoms with Crippen molar-refractivity contribution in [2.24, 2.45) is 5.73 Å². The van der Waals surface area contributed by atoms with Gasteiger partial charge in [-0.05, 0) is 43.5 Å². The van der Waals surface area contributed by atoms with Crippen molar-refractivity contribution in [3.05, 3.63) is 78.0 Å². The van der Waals surface area contributed by atoms with Gasteiger partial charge in [-0.3, -0.25) is 19.3 Å². The molecule has 1 aromatic heterocycles. The fraction of sp³-hybridized carbons (Fsp3) is 0.400. The van der Waals surface area contributed by atoms with Gasteiger partial charge in [0.2, 0.25) is 11.8 Å². The van der Waals surface area contributed by atoms with Crippen LogP contribution in [0.1, 0.15) is 35.3 Å². The number of pyridine rings is 1. The third-order valence-electron chi connectivity index (χ3n) is 7.48. The molecule has 0 spiro atoms. The third-order valence-corrected chi connectivity index (χ3v) is 7.48. The number of nitrogens with two attached hydrogens (primary N) is 1. The number of carbonyl (C=O) groups is 3. The summed E-state index contributed by atoms with van der Waals surface area (Å²) in [5.41, 5.74) is 6.70. The molecule has 2 heterocycles. The Bertz CT molecular complexity index is 1420. The van der Waals surface area contributed by atoms with Crippen molar-refractivity contribution in [2.45, 2.75) is 62.2 Å². The van der Waals surface area contributed by atoms with Gasteiger partial charge in [-0.25, -0.2) is 4.98 Å². The molecule has 3 amide bonds. The summed E-state index contributed by atoms with van der Waals surface area (Å²) in [7, 11) is 0. The number of benzene rings is 2. The minimum absolute atomic E-state index is 0.00457. The zero-order valence-corrected chi connectivity index (χ0v) is 23.2. The van der Waals surface area contributed by atoms with E-state index in [0.717, 1.165) is 10.3 Å². The van der Waals surface area contributed by atoms with E-state index >= 15 is 0 Å². The monoisotopic (exact) mass is 601 g/mol. The lowest BCUT2D eigenvalue weighted by Gasteiger charge is -2.33. The van der Waals surface area contributed by atoms with Crippen molar-refractivity contribution in [3.8, 4) is 0 Å². The van der Waals surface area contributed by atoms with Crippen LogP contribution in [0, 0.1) is 0 Å². The van der Waals surface area contributed by atoms with Gasteiger partial charge >= 0.3 is 6.18 Å². The molecule has 1 aliphatic heterocycles. The molecular formula is C30H34F3N5O5. The van der Waals surface area contributed by atoms with Crippen LogP contribution in [0.5, 0.6) is 0 Å². The van der Waals surface area contributed by atoms with Crippen molar-refractivity contribution in [3.63, 3.8) is 0 Å². The fourth-order valence-corrected chi connectivity index (χ4v) is 5.26. The predicted molar refractivity (Wildman–Crippen MR) is 152 cm³/mol. The van der Waals surface area contributed by atoms with Gasteiger partial charge in [-0.2, -0.15) is 13.2 Å². The Kier molecular flexibility index (Phi) is 10.3. The maximum Gasteiger partial charge on any atom is 0.404 e. The van der Waals surface area contributed by atoms with Crippen LogP contribution in [0.2, 0.25) is 0 Å². The Balaban J connectivity index is 1.44. The molecule has 5 atom stereocenters. The van der Waals surface area contributed by atoms with Crippen LogP contribution in [0.4, 0.5) is 13.2 Å². The van der Waals surface area contributed by atoms with Crippen molar-refractivity contribution in [1.29, 1.82) is 0 Å². The van der Waals surface area contributed by atoms with E-state index in [9.17, 15) is 37.8 Å². The number of β-amino-alcohol motifs (C(OH)–C–C–N with tert-alkyl or cyclic N) is 1. The number of nitrogens with one attached hydrogen (secondary N) is 2. The smallest absolute Gasteiger partial charge is 0.389 e. The minimum Gasteiger partial charge on any atom is -0.389 e. The number of carbonyl (C=O) groups excluding carboxylic acids is 3. The number of alkyl halides is 3. The number of para-hydroxylation sites is 1. The van der Waals surface area contributed by atoms with Gasteiger partial charge in [-0.1, -0.05) is 54.6 Å². The zero-order chi connectivity index (χ0) is 31.1. The van der Waals surface area contributed by atoms with Crippen molar-refractivity contribution < 1.29 is 37.8 Å². The molecular weight excluding hydrogens is 567 g/mol. The number of fused-ring (bicyclic) bond motifs is 1. The average Bonchev–Trinajstić information content (AvgIpc) is 3.45. The molecule has 0 saturated carbocycles. The van der Waals surface area contributed by atoms with Gasteiger partial charge in [0.05, 0.1) is 24.1 Å². The van der Waals surface area contributed by atoms with E-state index in [-0.39, 0.29) is 25.1 Å². The lowest BCUT2D eigenvalue weighted by atomic mass is 9.96. The van der Waals surface area contributed by atoms with Crippen LogP contribution in [0.15, 0.2) is 66.7 Å². The fourth-order valence-electron chi connectivity index (χ4n) is 5.26. The Morgan fingerprint density at radius 1 is 1.00 bits per heavy atom. The molecule has 0 bridgehead atoms. The van der Waals surface area contributed by atoms with E-state index in [0.29, 0.717) is 17.5 Å². The van der Waals surface area contributed by atoms with Gasteiger partial charge in [0.1, 0.15) is 23.9 Å². The van der Waals surface area contributed by atoms with E-state index < -0.39 is 67.2 Å². The van der Waals surface area contributed by atoms with Gasteiger partial charge < -0.3 is 26.6 Å². The third kappa shape index (κ3) is 8.49. The number of aliphatic hydroxyl groups is 2. The standard InChI is InChI=1S/C30H34F3N5O5/c31-30(32,33)25-11-6-14-38(25)17-24(39)27(41)22(15-18-7-2-1-3-8-18)36-26(40)16-23(28(34)42)37-29(43)21-13-12-19-9-4-5-10-20(19)35-21/h1-5,7-10,12-13,22-25,27,39,41H,6,11,14-17H2,(H2,34,42)(H,36,40)(H,37,43). The number of rotatable bonds is 12. The number of nitrogens with zero attached hydrogens (tertiary/aromatic N) is 2. The van der Waals surface area contributed by atoms with Gasteiger partial charge in [-0.15, -0.1) is 0 Å². The molecule has 1 fully saturated rings. The molecule has 3 aromatic rings. The quantitative estimate of drug-likeness (QED) is 0.211. The maximum atomic E-state index is 13.4. The Hall–Kier alpha value is -4.07. The molecule has 5 unspecified atom stereocenters. The Morgan fingerprint density at radius 2 is 1.70 bits per heavy atom. The zero-order valence-electron chi connectivity index (χ0n) is 23.2. The van der Waals surface area contributed by atoms with Gasteiger partial charge in [0, 0.05) is 11.9 Å². The molecule has 0 aliphatic carbocycles. The summed E-state index contributed by atoms with van der Waals surface area (Å²) in [6.45, 7) is -0.346.